The van der Waals surface area contributed by atoms with E-state index < -0.39 is 5.97 Å². The molecule has 0 heterocycles. The van der Waals surface area contributed by atoms with Crippen molar-refractivity contribution in [2.75, 3.05) is 5.32 Å². The standard InChI is InChI=1S/C14H17BrN2O3/c1-8-2-5-10(15)6-11(8)16-14(20)17-12(7-13(18)19)9-3-4-9/h2,5-6,9,12H,3-4,7H2,1H3,(H,18,19)(H2,16,17,20). The molecule has 1 aliphatic rings. The summed E-state index contributed by atoms with van der Waals surface area (Å²) in [6, 6.07) is 4.97. The van der Waals surface area contributed by atoms with E-state index in [9.17, 15) is 9.59 Å². The number of anilines is 1. The first-order valence-corrected chi connectivity index (χ1v) is 7.30. The average molecular weight is 341 g/mol. The van der Waals surface area contributed by atoms with Gasteiger partial charge in [-0.25, -0.2) is 4.79 Å². The molecule has 1 fully saturated rings. The van der Waals surface area contributed by atoms with Gasteiger partial charge in [-0.05, 0) is 43.4 Å². The summed E-state index contributed by atoms with van der Waals surface area (Å²) in [7, 11) is 0. The fourth-order valence-corrected chi connectivity index (χ4v) is 2.44. The number of benzene rings is 1. The highest BCUT2D eigenvalue weighted by molar-refractivity contribution is 9.10. The first kappa shape index (κ1) is 14.8. The fourth-order valence-electron chi connectivity index (χ4n) is 2.08. The van der Waals surface area contributed by atoms with Crippen LogP contribution in [0.4, 0.5) is 10.5 Å². The SMILES string of the molecule is Cc1ccc(Br)cc1NC(=O)NC(CC(=O)O)C1CC1. The minimum atomic E-state index is -0.888. The number of nitrogens with one attached hydrogen (secondary N) is 2. The van der Waals surface area contributed by atoms with Crippen molar-refractivity contribution in [2.24, 2.45) is 5.92 Å². The molecule has 0 saturated heterocycles. The van der Waals surface area contributed by atoms with Gasteiger partial charge in [-0.15, -0.1) is 0 Å². The van der Waals surface area contributed by atoms with Crippen LogP contribution in [-0.4, -0.2) is 23.1 Å². The number of hydrogen-bond acceptors (Lipinski definition) is 2. The predicted molar refractivity (Wildman–Crippen MR) is 79.8 cm³/mol. The molecule has 5 nitrogen and oxygen atoms in total. The van der Waals surface area contributed by atoms with E-state index in [1.807, 2.05) is 25.1 Å². The van der Waals surface area contributed by atoms with Gasteiger partial charge in [0, 0.05) is 16.2 Å². The number of halogens is 1. The third-order valence-electron chi connectivity index (χ3n) is 3.35. The highest BCUT2D eigenvalue weighted by Crippen LogP contribution is 2.34. The molecule has 1 atom stereocenters. The smallest absolute Gasteiger partial charge is 0.319 e. The first-order chi connectivity index (χ1) is 9.45. The summed E-state index contributed by atoms with van der Waals surface area (Å²) in [6.45, 7) is 1.90. The van der Waals surface area contributed by atoms with E-state index in [0.717, 1.165) is 22.9 Å². The summed E-state index contributed by atoms with van der Waals surface area (Å²) < 4.78 is 0.877. The summed E-state index contributed by atoms with van der Waals surface area (Å²) in [4.78, 5) is 22.8. The van der Waals surface area contributed by atoms with Gasteiger partial charge < -0.3 is 15.7 Å². The molecule has 108 valence electrons. The molecular weight excluding hydrogens is 324 g/mol. The molecule has 1 unspecified atom stereocenters. The Kier molecular flexibility index (Phi) is 4.65. The number of carboxylic acid groups (broad SMARTS) is 1. The molecule has 6 heteroatoms. The van der Waals surface area contributed by atoms with Gasteiger partial charge in [-0.1, -0.05) is 22.0 Å². The number of carbonyl (C=O) groups excluding carboxylic acids is 1. The normalized spacial score (nSPS) is 15.5. The Balaban J connectivity index is 1.96. The third kappa shape index (κ3) is 4.23. The van der Waals surface area contributed by atoms with Crippen LogP contribution in [0.15, 0.2) is 22.7 Å². The van der Waals surface area contributed by atoms with Crippen molar-refractivity contribution in [1.29, 1.82) is 0 Å². The maximum atomic E-state index is 12.0. The maximum Gasteiger partial charge on any atom is 0.319 e. The van der Waals surface area contributed by atoms with Crippen molar-refractivity contribution in [2.45, 2.75) is 32.2 Å². The summed E-state index contributed by atoms with van der Waals surface area (Å²) >= 11 is 3.35. The summed E-state index contributed by atoms with van der Waals surface area (Å²) in [6.07, 6.45) is 1.93. The molecule has 1 aromatic rings. The van der Waals surface area contributed by atoms with Crippen LogP contribution in [0, 0.1) is 12.8 Å². The first-order valence-electron chi connectivity index (χ1n) is 6.51. The van der Waals surface area contributed by atoms with Gasteiger partial charge in [-0.3, -0.25) is 4.79 Å². The van der Waals surface area contributed by atoms with Gasteiger partial charge in [0.15, 0.2) is 0 Å². The second-order valence-electron chi connectivity index (χ2n) is 5.10. The summed E-state index contributed by atoms with van der Waals surface area (Å²) in [5.74, 6) is -0.596. The van der Waals surface area contributed by atoms with Crippen molar-refractivity contribution in [1.82, 2.24) is 5.32 Å². The number of rotatable bonds is 5. The van der Waals surface area contributed by atoms with Crippen molar-refractivity contribution >= 4 is 33.6 Å². The van der Waals surface area contributed by atoms with E-state index in [0.29, 0.717) is 11.6 Å². The monoisotopic (exact) mass is 340 g/mol. The van der Waals surface area contributed by atoms with Crippen LogP contribution in [0.2, 0.25) is 0 Å². The molecule has 20 heavy (non-hydrogen) atoms. The number of urea groups is 1. The molecule has 3 N–H and O–H groups in total. The number of aryl methyl sites for hydroxylation is 1. The molecule has 0 spiro atoms. The molecular formula is C14H17BrN2O3. The molecule has 1 aromatic carbocycles. The van der Waals surface area contributed by atoms with E-state index in [4.69, 9.17) is 5.11 Å². The highest BCUT2D eigenvalue weighted by Gasteiger charge is 2.33. The number of carboxylic acids is 1. The van der Waals surface area contributed by atoms with E-state index in [-0.39, 0.29) is 18.5 Å². The minimum absolute atomic E-state index is 0.0322. The number of amides is 2. The Morgan fingerprint density at radius 2 is 2.15 bits per heavy atom. The topological polar surface area (TPSA) is 78.4 Å². The molecule has 1 aliphatic carbocycles. The second kappa shape index (κ2) is 6.26. The summed E-state index contributed by atoms with van der Waals surface area (Å²) in [5.41, 5.74) is 1.66. The summed E-state index contributed by atoms with van der Waals surface area (Å²) in [5, 5.41) is 14.4. The molecule has 2 amide bonds. The van der Waals surface area contributed by atoms with Crippen LogP contribution in [-0.2, 0) is 4.79 Å². The highest BCUT2D eigenvalue weighted by atomic mass is 79.9. The lowest BCUT2D eigenvalue weighted by Crippen LogP contribution is -2.40. The zero-order valence-electron chi connectivity index (χ0n) is 11.1. The van der Waals surface area contributed by atoms with Crippen LogP contribution in [0.25, 0.3) is 0 Å². The van der Waals surface area contributed by atoms with Crippen LogP contribution in [0.3, 0.4) is 0 Å². The number of hydrogen-bond donors (Lipinski definition) is 3. The average Bonchev–Trinajstić information content (AvgIpc) is 3.16. The van der Waals surface area contributed by atoms with Gasteiger partial charge >= 0.3 is 12.0 Å². The maximum absolute atomic E-state index is 12.0. The lowest BCUT2D eigenvalue weighted by atomic mass is 10.1. The molecule has 0 bridgehead atoms. The molecule has 1 saturated carbocycles. The van der Waals surface area contributed by atoms with Crippen molar-refractivity contribution in [3.05, 3.63) is 28.2 Å². The third-order valence-corrected chi connectivity index (χ3v) is 3.84. The molecule has 2 rings (SSSR count). The minimum Gasteiger partial charge on any atom is -0.481 e. The van der Waals surface area contributed by atoms with Crippen LogP contribution in [0.5, 0.6) is 0 Å². The van der Waals surface area contributed by atoms with Crippen LogP contribution >= 0.6 is 15.9 Å². The van der Waals surface area contributed by atoms with Gasteiger partial charge in [0.1, 0.15) is 0 Å². The second-order valence-corrected chi connectivity index (χ2v) is 6.02. The fraction of sp³-hybridized carbons (Fsp3) is 0.429. The quantitative estimate of drug-likeness (QED) is 0.770. The Labute approximate surface area is 125 Å². The van der Waals surface area contributed by atoms with Gasteiger partial charge in [0.2, 0.25) is 0 Å². The lowest BCUT2D eigenvalue weighted by Gasteiger charge is -2.17. The Hall–Kier alpha value is -1.56. The zero-order chi connectivity index (χ0) is 14.7. The van der Waals surface area contributed by atoms with E-state index >= 15 is 0 Å². The van der Waals surface area contributed by atoms with Gasteiger partial charge in [0.05, 0.1) is 6.42 Å². The number of carbonyl (C=O) groups is 2. The molecule has 0 radical (unpaired) electrons. The van der Waals surface area contributed by atoms with Crippen molar-refractivity contribution in [3.8, 4) is 0 Å². The van der Waals surface area contributed by atoms with E-state index in [2.05, 4.69) is 26.6 Å². The Morgan fingerprint density at radius 1 is 1.45 bits per heavy atom. The van der Waals surface area contributed by atoms with E-state index in [1.165, 1.54) is 0 Å². The van der Waals surface area contributed by atoms with Crippen molar-refractivity contribution in [3.63, 3.8) is 0 Å². The number of aliphatic carboxylic acids is 1. The van der Waals surface area contributed by atoms with Gasteiger partial charge in [-0.2, -0.15) is 0 Å². The van der Waals surface area contributed by atoms with E-state index in [1.54, 1.807) is 0 Å². The molecule has 0 aromatic heterocycles. The van der Waals surface area contributed by atoms with Gasteiger partial charge in [0.25, 0.3) is 0 Å². The zero-order valence-corrected chi connectivity index (χ0v) is 12.7. The van der Waals surface area contributed by atoms with Crippen LogP contribution in [0.1, 0.15) is 24.8 Å². The Bertz CT molecular complexity index is 529. The predicted octanol–water partition coefficient (Wildman–Crippen LogP) is 3.13. The lowest BCUT2D eigenvalue weighted by molar-refractivity contribution is -0.137. The Morgan fingerprint density at radius 3 is 2.75 bits per heavy atom. The van der Waals surface area contributed by atoms with Crippen molar-refractivity contribution < 1.29 is 14.7 Å². The molecule has 0 aliphatic heterocycles. The van der Waals surface area contributed by atoms with Crippen LogP contribution < -0.4 is 10.6 Å². The largest absolute Gasteiger partial charge is 0.481 e.